The summed E-state index contributed by atoms with van der Waals surface area (Å²) in [4.78, 5) is 63.8. The number of benzene rings is 1. The van der Waals surface area contributed by atoms with Crippen molar-refractivity contribution in [3.8, 4) is 5.75 Å². The van der Waals surface area contributed by atoms with Crippen LogP contribution < -0.4 is 14.9 Å². The zero-order valence-corrected chi connectivity index (χ0v) is 26.9. The van der Waals surface area contributed by atoms with Crippen LogP contribution in [0.2, 0.25) is 0 Å². The number of nitrogens with one attached hydrogen (secondary N) is 2. The van der Waals surface area contributed by atoms with Crippen molar-refractivity contribution >= 4 is 37.5 Å². The van der Waals surface area contributed by atoms with Gasteiger partial charge in [-0.3, -0.25) is 28.5 Å². The molecule has 1 aromatic rings. The fourth-order valence-corrected chi connectivity index (χ4v) is 5.56. The molecule has 1 amide bonds. The Kier molecular flexibility index (Phi) is 15.4. The lowest BCUT2D eigenvalue weighted by molar-refractivity contribution is -0.268. The standard InChI is InChI=1S/C27H38N5O13P/c1-6-7-13-39-26(37)16(2)31-46(38,45-20-11-9-8-10-12-20)40-15-21-24(41-17(3)33)25(42-18(4)34)23(27(44-21)43-19(5)35)30-22(36)14-29-32-28/h8-12,16,21,23-25,27H,6-7,13-15H2,1-5H3,(H,30,36)(H,31,38)/t16-,21+,23-,24+,25+,27?,46?/m0/s1. The van der Waals surface area contributed by atoms with E-state index in [0.29, 0.717) is 6.42 Å². The van der Waals surface area contributed by atoms with E-state index < -0.39 is 87.4 Å². The molecule has 0 bridgehead atoms. The zero-order valence-electron chi connectivity index (χ0n) is 26.0. The van der Waals surface area contributed by atoms with Crippen LogP contribution in [0.1, 0.15) is 47.5 Å². The second kappa shape index (κ2) is 18.7. The quantitative estimate of drug-likeness (QED) is 0.0460. The first kappa shape index (κ1) is 38.0. The summed E-state index contributed by atoms with van der Waals surface area (Å²) in [7, 11) is -4.47. The Bertz CT molecular complexity index is 1310. The molecule has 0 saturated carbocycles. The molecule has 1 aromatic carbocycles. The summed E-state index contributed by atoms with van der Waals surface area (Å²) in [6.07, 6.45) is -4.85. The molecule has 2 unspecified atom stereocenters. The fourth-order valence-electron chi connectivity index (χ4n) is 4.06. The smallest absolute Gasteiger partial charge is 0.459 e. The Morgan fingerprint density at radius 3 is 2.24 bits per heavy atom. The van der Waals surface area contributed by atoms with Crippen LogP contribution in [0.3, 0.4) is 0 Å². The normalized spacial score (nSPS) is 22.5. The van der Waals surface area contributed by atoms with E-state index in [1.807, 2.05) is 6.92 Å². The maximum atomic E-state index is 14.0. The van der Waals surface area contributed by atoms with Gasteiger partial charge in [-0.2, -0.15) is 5.09 Å². The minimum atomic E-state index is -4.47. The number of amides is 1. The molecular formula is C27H38N5O13P. The molecule has 0 aromatic heterocycles. The highest BCUT2D eigenvalue weighted by Gasteiger charge is 2.52. The highest BCUT2D eigenvalue weighted by molar-refractivity contribution is 7.52. The average molecular weight is 672 g/mol. The predicted octanol–water partition coefficient (Wildman–Crippen LogP) is 2.46. The minimum absolute atomic E-state index is 0.101. The lowest BCUT2D eigenvalue weighted by atomic mass is 9.96. The molecule has 1 aliphatic heterocycles. The molecule has 18 nitrogen and oxygen atoms in total. The number of azide groups is 1. The van der Waals surface area contributed by atoms with Crippen molar-refractivity contribution in [2.24, 2.45) is 5.11 Å². The van der Waals surface area contributed by atoms with Gasteiger partial charge in [0.15, 0.2) is 12.2 Å². The van der Waals surface area contributed by atoms with E-state index in [9.17, 15) is 28.5 Å². The second-order valence-corrected chi connectivity index (χ2v) is 11.5. The third kappa shape index (κ3) is 12.7. The first-order valence-corrected chi connectivity index (χ1v) is 15.7. The highest BCUT2D eigenvalue weighted by Crippen LogP contribution is 2.45. The third-order valence-electron chi connectivity index (χ3n) is 5.96. The van der Waals surface area contributed by atoms with Crippen LogP contribution in [-0.4, -0.2) is 86.2 Å². The van der Waals surface area contributed by atoms with E-state index in [-0.39, 0.29) is 12.4 Å². The van der Waals surface area contributed by atoms with Gasteiger partial charge in [0, 0.05) is 25.7 Å². The molecule has 2 N–H and O–H groups in total. The number of rotatable bonds is 17. The SMILES string of the molecule is CCCCOC(=O)[C@H](C)NP(=O)(OC[C@H]1OC(OC(C)=O)[C@@H](NC(=O)CN=[N+]=[N-])[C@@H](OC(C)=O)[C@@H]1OC(C)=O)Oc1ccccc1. The van der Waals surface area contributed by atoms with Crippen LogP contribution in [0, 0.1) is 0 Å². The summed E-state index contributed by atoms with van der Waals surface area (Å²) in [5, 5.41) is 8.07. The van der Waals surface area contributed by atoms with Gasteiger partial charge in [-0.25, -0.2) is 4.57 Å². The van der Waals surface area contributed by atoms with E-state index in [1.54, 1.807) is 18.2 Å². The van der Waals surface area contributed by atoms with Gasteiger partial charge in [-0.1, -0.05) is 36.7 Å². The molecule has 46 heavy (non-hydrogen) atoms. The van der Waals surface area contributed by atoms with Gasteiger partial charge >= 0.3 is 31.6 Å². The van der Waals surface area contributed by atoms with Gasteiger partial charge in [0.05, 0.1) is 13.2 Å². The second-order valence-electron chi connectivity index (χ2n) is 9.85. The molecule has 0 spiro atoms. The number of hydrogen-bond acceptors (Lipinski definition) is 14. The molecule has 2 rings (SSSR count). The van der Waals surface area contributed by atoms with Crippen molar-refractivity contribution in [1.82, 2.24) is 10.4 Å². The van der Waals surface area contributed by atoms with Crippen LogP contribution in [0.15, 0.2) is 35.4 Å². The Morgan fingerprint density at radius 2 is 1.65 bits per heavy atom. The maximum Gasteiger partial charge on any atom is 0.459 e. The summed E-state index contributed by atoms with van der Waals surface area (Å²) in [6, 6.07) is 5.21. The number of carbonyl (C=O) groups is 5. The van der Waals surface area contributed by atoms with Crippen molar-refractivity contribution < 1.29 is 61.3 Å². The number of unbranched alkanes of at least 4 members (excludes halogenated alkanes) is 1. The Hall–Kier alpha value is -4.21. The lowest BCUT2D eigenvalue weighted by Crippen LogP contribution is -2.67. The summed E-state index contributed by atoms with van der Waals surface area (Å²) >= 11 is 0. The number of nitrogens with zero attached hydrogens (tertiary/aromatic N) is 3. The van der Waals surface area contributed by atoms with Gasteiger partial charge in [-0.15, -0.1) is 0 Å². The molecule has 7 atom stereocenters. The monoisotopic (exact) mass is 671 g/mol. The van der Waals surface area contributed by atoms with E-state index in [0.717, 1.165) is 27.2 Å². The molecule has 254 valence electrons. The molecular weight excluding hydrogens is 633 g/mol. The molecule has 0 radical (unpaired) electrons. The van der Waals surface area contributed by atoms with Crippen LogP contribution >= 0.6 is 7.75 Å². The van der Waals surface area contributed by atoms with Crippen LogP contribution in [-0.2, 0) is 56.7 Å². The number of esters is 4. The average Bonchev–Trinajstić information content (AvgIpc) is 2.98. The first-order chi connectivity index (χ1) is 21.8. The Morgan fingerprint density at radius 1 is 1.02 bits per heavy atom. The fraction of sp³-hybridized carbons (Fsp3) is 0.593. The van der Waals surface area contributed by atoms with Gasteiger partial charge in [0.2, 0.25) is 12.2 Å². The minimum Gasteiger partial charge on any atom is -0.465 e. The van der Waals surface area contributed by atoms with Crippen molar-refractivity contribution in [2.45, 2.75) is 84.1 Å². The van der Waals surface area contributed by atoms with Gasteiger partial charge < -0.3 is 33.5 Å². The van der Waals surface area contributed by atoms with Gasteiger partial charge in [0.25, 0.3) is 0 Å². The van der Waals surface area contributed by atoms with Crippen LogP contribution in [0.5, 0.6) is 5.75 Å². The summed E-state index contributed by atoms with van der Waals surface area (Å²) in [5.41, 5.74) is 8.57. The van der Waals surface area contributed by atoms with Crippen LogP contribution in [0.25, 0.3) is 10.4 Å². The molecule has 1 aliphatic rings. The largest absolute Gasteiger partial charge is 0.465 e. The highest BCUT2D eigenvalue weighted by atomic mass is 31.2. The molecule has 1 heterocycles. The van der Waals surface area contributed by atoms with Gasteiger partial charge in [-0.05, 0) is 31.0 Å². The number of hydrogen-bond donors (Lipinski definition) is 2. The Balaban J connectivity index is 2.46. The molecule has 0 aliphatic carbocycles. The third-order valence-corrected chi connectivity index (χ3v) is 7.61. The topological polar surface area (TPSA) is 240 Å². The number of ether oxygens (including phenoxy) is 5. The molecule has 1 fully saturated rings. The van der Waals surface area contributed by atoms with Crippen molar-refractivity contribution in [3.63, 3.8) is 0 Å². The van der Waals surface area contributed by atoms with Crippen molar-refractivity contribution in [1.29, 1.82) is 0 Å². The zero-order chi connectivity index (χ0) is 34.3. The van der Waals surface area contributed by atoms with E-state index in [4.69, 9.17) is 38.3 Å². The van der Waals surface area contributed by atoms with E-state index in [2.05, 4.69) is 20.4 Å². The molecule has 19 heteroatoms. The summed E-state index contributed by atoms with van der Waals surface area (Å²) in [6.45, 7) is 5.17. The number of para-hydroxylation sites is 1. The van der Waals surface area contributed by atoms with Crippen molar-refractivity contribution in [2.75, 3.05) is 19.8 Å². The Labute approximate surface area is 264 Å². The maximum absolute atomic E-state index is 14.0. The van der Waals surface area contributed by atoms with Gasteiger partial charge in [0.1, 0.15) is 30.5 Å². The van der Waals surface area contributed by atoms with E-state index in [1.165, 1.54) is 19.1 Å². The first-order valence-electron chi connectivity index (χ1n) is 14.2. The summed E-state index contributed by atoms with van der Waals surface area (Å²) < 4.78 is 52.4. The van der Waals surface area contributed by atoms with Crippen molar-refractivity contribution in [3.05, 3.63) is 40.8 Å². The lowest BCUT2D eigenvalue weighted by Gasteiger charge is -2.44. The molecule has 1 saturated heterocycles. The van der Waals surface area contributed by atoms with Crippen LogP contribution in [0.4, 0.5) is 0 Å². The number of carbonyl (C=O) groups excluding carboxylic acids is 5. The van der Waals surface area contributed by atoms with E-state index >= 15 is 0 Å². The summed E-state index contributed by atoms with van der Waals surface area (Å²) in [5.74, 6) is -4.13. The predicted molar refractivity (Wildman–Crippen MR) is 157 cm³/mol.